The predicted octanol–water partition coefficient (Wildman–Crippen LogP) is 0.829. The molecule has 0 bridgehead atoms. The van der Waals surface area contributed by atoms with E-state index < -0.39 is 22.0 Å². The highest BCUT2D eigenvalue weighted by atomic mass is 32.2. The second-order valence-electron chi connectivity index (χ2n) is 5.84. The van der Waals surface area contributed by atoms with Gasteiger partial charge < -0.3 is 9.47 Å². The van der Waals surface area contributed by atoms with Gasteiger partial charge in [0.2, 0.25) is 10.0 Å². The Bertz CT molecular complexity index is 755. The SMILES string of the molecule is C#CCOc1ccc(CONC(=O)C(NS(C)(=O)=O)C(C)C)cc1OC. The van der Waals surface area contributed by atoms with Gasteiger partial charge >= 0.3 is 0 Å². The maximum Gasteiger partial charge on any atom is 0.261 e. The molecular formula is C17H24N2O6S. The average molecular weight is 384 g/mol. The second kappa shape index (κ2) is 10.0. The first-order valence-electron chi connectivity index (χ1n) is 7.80. The van der Waals surface area contributed by atoms with E-state index in [0.717, 1.165) is 6.26 Å². The maximum absolute atomic E-state index is 12.1. The molecule has 26 heavy (non-hydrogen) atoms. The molecule has 0 saturated carbocycles. The Morgan fingerprint density at radius 2 is 2.00 bits per heavy atom. The van der Waals surface area contributed by atoms with Crippen LogP contribution < -0.4 is 19.7 Å². The monoisotopic (exact) mass is 384 g/mol. The molecule has 1 rings (SSSR count). The molecule has 1 unspecified atom stereocenters. The van der Waals surface area contributed by atoms with E-state index in [4.69, 9.17) is 20.7 Å². The lowest BCUT2D eigenvalue weighted by molar-refractivity contribution is -0.137. The van der Waals surface area contributed by atoms with Crippen molar-refractivity contribution in [3.8, 4) is 23.8 Å². The minimum Gasteiger partial charge on any atom is -0.493 e. The number of carbonyl (C=O) groups is 1. The molecule has 0 heterocycles. The fourth-order valence-corrected chi connectivity index (χ4v) is 2.86. The summed E-state index contributed by atoms with van der Waals surface area (Å²) in [7, 11) is -2.03. The number of hydrogen-bond donors (Lipinski definition) is 2. The summed E-state index contributed by atoms with van der Waals surface area (Å²) < 4.78 is 35.5. The molecule has 1 aromatic rings. The van der Waals surface area contributed by atoms with Crippen molar-refractivity contribution in [2.45, 2.75) is 26.5 Å². The van der Waals surface area contributed by atoms with E-state index in [1.165, 1.54) is 7.11 Å². The highest BCUT2D eigenvalue weighted by molar-refractivity contribution is 7.88. The van der Waals surface area contributed by atoms with Crippen LogP contribution in [0, 0.1) is 18.3 Å². The van der Waals surface area contributed by atoms with Gasteiger partial charge in [-0.3, -0.25) is 9.63 Å². The molecule has 144 valence electrons. The highest BCUT2D eigenvalue weighted by Crippen LogP contribution is 2.28. The minimum atomic E-state index is -3.52. The zero-order chi connectivity index (χ0) is 19.7. The lowest BCUT2D eigenvalue weighted by atomic mass is 10.1. The standard InChI is InChI=1S/C17H24N2O6S/c1-6-9-24-14-8-7-13(10-15(14)23-4)11-25-18-17(20)16(12(2)3)19-26(5,21)22/h1,7-8,10,12,16,19H,9,11H2,2-5H3,(H,18,20). The first-order valence-corrected chi connectivity index (χ1v) is 9.69. The van der Waals surface area contributed by atoms with Gasteiger partial charge in [-0.2, -0.15) is 0 Å². The van der Waals surface area contributed by atoms with Gasteiger partial charge in [-0.15, -0.1) is 6.42 Å². The van der Waals surface area contributed by atoms with Gasteiger partial charge in [0, 0.05) is 0 Å². The third-order valence-electron chi connectivity index (χ3n) is 3.24. The second-order valence-corrected chi connectivity index (χ2v) is 7.62. The molecule has 0 aliphatic rings. The van der Waals surface area contributed by atoms with Crippen LogP contribution in [0.1, 0.15) is 19.4 Å². The smallest absolute Gasteiger partial charge is 0.261 e. The number of hydrogen-bond acceptors (Lipinski definition) is 6. The topological polar surface area (TPSA) is 103 Å². The van der Waals surface area contributed by atoms with Crippen molar-refractivity contribution in [1.29, 1.82) is 0 Å². The van der Waals surface area contributed by atoms with Crippen molar-refractivity contribution in [3.63, 3.8) is 0 Å². The third-order valence-corrected chi connectivity index (χ3v) is 3.92. The van der Waals surface area contributed by atoms with Gasteiger partial charge in [0.25, 0.3) is 5.91 Å². The van der Waals surface area contributed by atoms with Crippen molar-refractivity contribution < 1.29 is 27.5 Å². The summed E-state index contributed by atoms with van der Waals surface area (Å²) in [5.74, 6) is 2.51. The fraction of sp³-hybridized carbons (Fsp3) is 0.471. The molecule has 0 spiro atoms. The van der Waals surface area contributed by atoms with Crippen LogP contribution in [0.4, 0.5) is 0 Å². The van der Waals surface area contributed by atoms with E-state index in [0.29, 0.717) is 17.1 Å². The Labute approximate surface area is 154 Å². The number of amides is 1. The Hall–Kier alpha value is -2.28. The van der Waals surface area contributed by atoms with Gasteiger partial charge in [-0.25, -0.2) is 18.6 Å². The average Bonchev–Trinajstić information content (AvgIpc) is 2.57. The Balaban J connectivity index is 2.66. The fourth-order valence-electron chi connectivity index (χ4n) is 2.02. The van der Waals surface area contributed by atoms with Gasteiger partial charge in [0.1, 0.15) is 12.6 Å². The summed E-state index contributed by atoms with van der Waals surface area (Å²) in [4.78, 5) is 17.3. The molecular weight excluding hydrogens is 360 g/mol. The van der Waals surface area contributed by atoms with E-state index in [1.54, 1.807) is 32.0 Å². The molecule has 1 amide bonds. The first-order chi connectivity index (χ1) is 12.2. The summed E-state index contributed by atoms with van der Waals surface area (Å²) in [5, 5.41) is 0. The van der Waals surface area contributed by atoms with Crippen LogP contribution >= 0.6 is 0 Å². The summed E-state index contributed by atoms with van der Waals surface area (Å²) in [5.41, 5.74) is 2.97. The van der Waals surface area contributed by atoms with E-state index in [2.05, 4.69) is 16.1 Å². The van der Waals surface area contributed by atoms with Crippen molar-refractivity contribution >= 4 is 15.9 Å². The summed E-state index contributed by atoms with van der Waals surface area (Å²) in [6, 6.07) is 4.17. The zero-order valence-electron chi connectivity index (χ0n) is 15.2. The number of ether oxygens (including phenoxy) is 2. The lowest BCUT2D eigenvalue weighted by Gasteiger charge is -2.20. The summed E-state index contributed by atoms with van der Waals surface area (Å²) in [6.07, 6.45) is 6.15. The van der Waals surface area contributed by atoms with Crippen LogP contribution in [-0.4, -0.2) is 40.3 Å². The normalized spacial score (nSPS) is 12.3. The quantitative estimate of drug-likeness (QED) is 0.458. The van der Waals surface area contributed by atoms with Crippen molar-refractivity contribution in [1.82, 2.24) is 10.2 Å². The zero-order valence-corrected chi connectivity index (χ0v) is 16.1. The number of carbonyl (C=O) groups excluding carboxylic acids is 1. The Kier molecular flexibility index (Phi) is 8.38. The highest BCUT2D eigenvalue weighted by Gasteiger charge is 2.25. The van der Waals surface area contributed by atoms with Crippen molar-refractivity contribution in [3.05, 3.63) is 23.8 Å². The number of hydroxylamine groups is 1. The number of terminal acetylenes is 1. The maximum atomic E-state index is 12.1. The molecule has 0 aromatic heterocycles. The molecule has 1 atom stereocenters. The largest absolute Gasteiger partial charge is 0.493 e. The molecule has 0 aliphatic heterocycles. The van der Waals surface area contributed by atoms with Gasteiger partial charge in [-0.05, 0) is 23.6 Å². The molecule has 0 fully saturated rings. The number of nitrogens with one attached hydrogen (secondary N) is 2. The lowest BCUT2D eigenvalue weighted by Crippen LogP contribution is -2.49. The molecule has 2 N–H and O–H groups in total. The van der Waals surface area contributed by atoms with Crippen LogP contribution in [0.3, 0.4) is 0 Å². The number of benzene rings is 1. The molecule has 1 aromatic carbocycles. The molecule has 0 radical (unpaired) electrons. The summed E-state index contributed by atoms with van der Waals surface area (Å²) in [6.45, 7) is 3.62. The van der Waals surface area contributed by atoms with Crippen molar-refractivity contribution in [2.75, 3.05) is 20.0 Å². The van der Waals surface area contributed by atoms with E-state index in [1.807, 2.05) is 0 Å². The Morgan fingerprint density at radius 1 is 1.31 bits per heavy atom. The van der Waals surface area contributed by atoms with Crippen LogP contribution in [0.15, 0.2) is 18.2 Å². The van der Waals surface area contributed by atoms with Gasteiger partial charge in [0.05, 0.1) is 20.0 Å². The van der Waals surface area contributed by atoms with E-state index >= 15 is 0 Å². The molecule has 9 heteroatoms. The third kappa shape index (κ3) is 7.31. The van der Waals surface area contributed by atoms with Gasteiger partial charge in [-0.1, -0.05) is 25.8 Å². The molecule has 0 aliphatic carbocycles. The van der Waals surface area contributed by atoms with Crippen LogP contribution in [0.5, 0.6) is 11.5 Å². The Morgan fingerprint density at radius 3 is 2.54 bits per heavy atom. The summed E-state index contributed by atoms with van der Waals surface area (Å²) >= 11 is 0. The minimum absolute atomic E-state index is 0.0568. The van der Waals surface area contributed by atoms with Crippen LogP contribution in [0.25, 0.3) is 0 Å². The van der Waals surface area contributed by atoms with Crippen LogP contribution in [0.2, 0.25) is 0 Å². The molecule has 8 nitrogen and oxygen atoms in total. The first kappa shape index (κ1) is 21.8. The van der Waals surface area contributed by atoms with Gasteiger partial charge in [0.15, 0.2) is 11.5 Å². The molecule has 0 saturated heterocycles. The predicted molar refractivity (Wildman–Crippen MR) is 96.9 cm³/mol. The van der Waals surface area contributed by atoms with Crippen molar-refractivity contribution in [2.24, 2.45) is 5.92 Å². The van der Waals surface area contributed by atoms with E-state index in [-0.39, 0.29) is 19.1 Å². The number of methoxy groups -OCH3 is 1. The van der Waals surface area contributed by atoms with Crippen LogP contribution in [-0.2, 0) is 26.3 Å². The van der Waals surface area contributed by atoms with E-state index in [9.17, 15) is 13.2 Å². The number of rotatable bonds is 10. The number of sulfonamides is 1.